The van der Waals surface area contributed by atoms with Crippen LogP contribution in [0.3, 0.4) is 0 Å². The van der Waals surface area contributed by atoms with Gasteiger partial charge in [0.1, 0.15) is 0 Å². The Kier molecular flexibility index (Phi) is 46.4. The van der Waals surface area contributed by atoms with E-state index in [-0.39, 0.29) is 19.5 Å². The predicted octanol–water partition coefficient (Wildman–Crippen LogP) is 12.9. The molecule has 0 bridgehead atoms. The third-order valence-electron chi connectivity index (χ3n) is 9.22. The number of aryl methyl sites for hydroxylation is 2. The van der Waals surface area contributed by atoms with Crippen LogP contribution in [0.2, 0.25) is 0 Å². The van der Waals surface area contributed by atoms with Crippen molar-refractivity contribution in [3.05, 3.63) is 35.4 Å². The average Bonchev–Trinajstić information content (AvgIpc) is 3.03. The molecule has 0 unspecified atom stereocenters. The first-order chi connectivity index (χ1) is 23.9. The predicted molar refractivity (Wildman–Crippen MR) is 226 cm³/mol. The Labute approximate surface area is 338 Å². The van der Waals surface area contributed by atoms with E-state index in [1.165, 1.54) is 205 Å². The van der Waals surface area contributed by atoms with E-state index in [0.29, 0.717) is 0 Å². The molecule has 0 heterocycles. The van der Waals surface area contributed by atoms with Gasteiger partial charge >= 0.3 is 13.4 Å². The average molecular weight is 849 g/mol. The van der Waals surface area contributed by atoms with E-state index in [2.05, 4.69) is 61.7 Å². The maximum absolute atomic E-state index is 7.56. The topological polar surface area (TPSA) is 121 Å². The summed E-state index contributed by atoms with van der Waals surface area (Å²) < 4.78 is 0. The minimum atomic E-state index is -3.81. The van der Waals surface area contributed by atoms with Crippen molar-refractivity contribution in [3.8, 4) is 0 Å². The first-order valence-electron chi connectivity index (χ1n) is 20.5. The number of hydrogen-bond acceptors (Lipinski definition) is 2. The van der Waals surface area contributed by atoms with Crippen molar-refractivity contribution in [2.45, 2.75) is 219 Å². The van der Waals surface area contributed by atoms with Crippen LogP contribution in [-0.4, -0.2) is 29.4 Å². The standard InChI is InChI=1S/C40H74.2H3O3PS.Zn/c1-3-5-7-9-11-13-15-17-19-21-23-25-27-29-31-35-39-37-33-34-38-40(39)36-32-30-28-26-24-22-20-18-16-14-12-10-8-6-4-2;2*1-4(2,3)5;/h33-34,37-38H,3-32,35-36H2,1-2H3;2*(H3,1,2,3,5);. The van der Waals surface area contributed by atoms with Gasteiger partial charge in [-0.05, 0) is 60.4 Å². The van der Waals surface area contributed by atoms with Gasteiger partial charge in [-0.25, -0.2) is 0 Å². The van der Waals surface area contributed by atoms with Gasteiger partial charge in [0.2, 0.25) is 0 Å². The van der Waals surface area contributed by atoms with Crippen LogP contribution in [0.15, 0.2) is 24.3 Å². The summed E-state index contributed by atoms with van der Waals surface area (Å²) >= 11 is 7.21. The molecule has 6 N–H and O–H groups in total. The van der Waals surface area contributed by atoms with Crippen molar-refractivity contribution in [3.63, 3.8) is 0 Å². The zero-order chi connectivity index (χ0) is 37.6. The summed E-state index contributed by atoms with van der Waals surface area (Å²) in [6.45, 7) is -3.00. The van der Waals surface area contributed by atoms with E-state index in [4.69, 9.17) is 29.4 Å². The maximum atomic E-state index is 7.56. The summed E-state index contributed by atoms with van der Waals surface area (Å²) in [5.41, 5.74) is 3.28. The quantitative estimate of drug-likeness (QED) is 0.0241. The normalized spacial score (nSPS) is 11.3. The van der Waals surface area contributed by atoms with Gasteiger partial charge in [-0.2, -0.15) is 0 Å². The van der Waals surface area contributed by atoms with Crippen LogP contribution in [0.25, 0.3) is 0 Å². The molecular weight excluding hydrogens is 768 g/mol. The monoisotopic (exact) mass is 846 g/mol. The van der Waals surface area contributed by atoms with Crippen molar-refractivity contribution in [1.29, 1.82) is 0 Å². The van der Waals surface area contributed by atoms with Crippen molar-refractivity contribution in [1.82, 2.24) is 0 Å². The van der Waals surface area contributed by atoms with Crippen molar-refractivity contribution in [2.75, 3.05) is 0 Å². The summed E-state index contributed by atoms with van der Waals surface area (Å²) in [5, 5.41) is 0. The molecule has 0 spiro atoms. The molecule has 0 aliphatic carbocycles. The molecule has 0 aliphatic heterocycles. The third kappa shape index (κ3) is 57.8. The molecule has 51 heavy (non-hydrogen) atoms. The van der Waals surface area contributed by atoms with Gasteiger partial charge in [0.25, 0.3) is 0 Å². The summed E-state index contributed by atoms with van der Waals surface area (Å²) in [6, 6.07) is 9.34. The Morgan fingerprint density at radius 3 is 0.686 bits per heavy atom. The molecule has 0 saturated heterocycles. The molecule has 11 heteroatoms. The van der Waals surface area contributed by atoms with E-state index in [1.807, 2.05) is 0 Å². The van der Waals surface area contributed by atoms with E-state index in [9.17, 15) is 0 Å². The van der Waals surface area contributed by atoms with Crippen LogP contribution in [-0.2, 0) is 55.9 Å². The first kappa shape index (κ1) is 56.2. The van der Waals surface area contributed by atoms with Gasteiger partial charge in [-0.15, -0.1) is 0 Å². The molecule has 0 atom stereocenters. The largest absolute Gasteiger partial charge is 0.325 e. The van der Waals surface area contributed by atoms with Gasteiger partial charge < -0.3 is 29.4 Å². The zero-order valence-electron chi connectivity index (χ0n) is 33.0. The van der Waals surface area contributed by atoms with Crippen molar-refractivity contribution < 1.29 is 48.8 Å². The maximum Gasteiger partial charge on any atom is 0.319 e. The molecule has 0 aromatic heterocycles. The molecule has 1 aromatic carbocycles. The summed E-state index contributed by atoms with van der Waals surface area (Å²) in [6.07, 6.45) is 46.1. The van der Waals surface area contributed by atoms with Gasteiger partial charge in [-0.1, -0.05) is 218 Å². The molecule has 0 radical (unpaired) electrons. The summed E-state index contributed by atoms with van der Waals surface area (Å²) in [7, 11) is 0. The second-order valence-corrected chi connectivity index (χ2v) is 19.2. The molecule has 6 nitrogen and oxygen atoms in total. The fraction of sp³-hybridized carbons (Fsp3) is 0.850. The molecular formula is C40H80O6P2S2Zn. The first-order valence-corrected chi connectivity index (χ1v) is 25.8. The molecule has 1 rings (SSSR count). The van der Waals surface area contributed by atoms with Crippen LogP contribution >= 0.6 is 13.4 Å². The smallest absolute Gasteiger partial charge is 0.319 e. The molecule has 0 aliphatic rings. The summed E-state index contributed by atoms with van der Waals surface area (Å²) in [5.74, 6) is 0. The Bertz CT molecular complexity index is 842. The van der Waals surface area contributed by atoms with Gasteiger partial charge in [0, 0.05) is 19.5 Å². The van der Waals surface area contributed by atoms with Gasteiger partial charge in [0.05, 0.1) is 0 Å². The SMILES string of the molecule is CCCCCCCCCCCCCCCCCc1ccccc1CCCCCCCCCCCCCCCCC.OP(O)(O)=S.OP(O)(O)=S.[Zn]. The zero-order valence-corrected chi connectivity index (χ0v) is 39.4. The van der Waals surface area contributed by atoms with Crippen molar-refractivity contribution in [2.24, 2.45) is 0 Å². The molecule has 0 saturated carbocycles. The van der Waals surface area contributed by atoms with Crippen LogP contribution in [0.1, 0.15) is 218 Å². The van der Waals surface area contributed by atoms with Crippen LogP contribution in [0.4, 0.5) is 0 Å². The fourth-order valence-electron chi connectivity index (χ4n) is 6.42. The second kappa shape index (κ2) is 42.1. The number of hydrogen-bond donors (Lipinski definition) is 6. The number of unbranched alkanes of at least 4 members (excludes halogenated alkanes) is 28. The van der Waals surface area contributed by atoms with E-state index < -0.39 is 13.4 Å². The summed E-state index contributed by atoms with van der Waals surface area (Å²) in [4.78, 5) is 45.3. The molecule has 1 aromatic rings. The minimum absolute atomic E-state index is 0. The molecule has 0 fully saturated rings. The van der Waals surface area contributed by atoms with E-state index >= 15 is 0 Å². The Balaban J connectivity index is -0.00000183. The van der Waals surface area contributed by atoms with Crippen LogP contribution in [0.5, 0.6) is 0 Å². The Morgan fingerprint density at radius 1 is 0.353 bits per heavy atom. The van der Waals surface area contributed by atoms with Gasteiger partial charge in [-0.3, -0.25) is 0 Å². The van der Waals surface area contributed by atoms with Crippen molar-refractivity contribution >= 4 is 37.1 Å². The fourth-order valence-corrected chi connectivity index (χ4v) is 6.42. The third-order valence-corrected chi connectivity index (χ3v) is 9.22. The molecule has 300 valence electrons. The Morgan fingerprint density at radius 2 is 0.510 bits per heavy atom. The minimum Gasteiger partial charge on any atom is -0.325 e. The number of rotatable bonds is 32. The van der Waals surface area contributed by atoms with E-state index in [1.54, 1.807) is 11.1 Å². The molecule has 0 amide bonds. The van der Waals surface area contributed by atoms with Crippen LogP contribution < -0.4 is 0 Å². The van der Waals surface area contributed by atoms with E-state index in [0.717, 1.165) is 0 Å². The second-order valence-electron chi connectivity index (χ2n) is 14.2. The number of benzene rings is 1. The van der Waals surface area contributed by atoms with Gasteiger partial charge in [0.15, 0.2) is 0 Å². The van der Waals surface area contributed by atoms with Crippen LogP contribution in [0, 0.1) is 0 Å². The Hall–Kier alpha value is 0.903.